The quantitative estimate of drug-likeness (QED) is 0.757. The summed E-state index contributed by atoms with van der Waals surface area (Å²) in [5.74, 6) is 0.00769. The second kappa shape index (κ2) is 6.38. The SMILES string of the molecule is O=C1c2ccc(Br)cc2C2C(c3ccccc3OC(F)F)OCCN12. The van der Waals surface area contributed by atoms with E-state index in [9.17, 15) is 13.6 Å². The smallest absolute Gasteiger partial charge is 0.387 e. The van der Waals surface area contributed by atoms with Gasteiger partial charge in [0, 0.05) is 22.1 Å². The molecule has 1 amide bonds. The van der Waals surface area contributed by atoms with E-state index >= 15 is 0 Å². The molecule has 0 spiro atoms. The van der Waals surface area contributed by atoms with Crippen LogP contribution in [0.3, 0.4) is 0 Å². The first kappa shape index (κ1) is 16.5. The molecule has 130 valence electrons. The van der Waals surface area contributed by atoms with Crippen LogP contribution in [-0.4, -0.2) is 30.6 Å². The molecule has 4 nitrogen and oxygen atoms in total. The standard InChI is InChI=1S/C18H14BrF2NO3/c19-10-5-6-11-13(9-10)15-16(24-8-7-22(15)17(11)23)12-3-1-2-4-14(12)25-18(20)21/h1-6,9,15-16,18H,7-8H2. The monoisotopic (exact) mass is 409 g/mol. The fourth-order valence-corrected chi connectivity index (χ4v) is 3.92. The molecule has 2 aromatic carbocycles. The Morgan fingerprint density at radius 1 is 1.20 bits per heavy atom. The van der Waals surface area contributed by atoms with E-state index in [-0.39, 0.29) is 17.7 Å². The van der Waals surface area contributed by atoms with E-state index in [0.29, 0.717) is 24.3 Å². The largest absolute Gasteiger partial charge is 0.434 e. The molecule has 0 aliphatic carbocycles. The molecule has 25 heavy (non-hydrogen) atoms. The average molecular weight is 410 g/mol. The third-order valence-electron chi connectivity index (χ3n) is 4.52. The summed E-state index contributed by atoms with van der Waals surface area (Å²) in [7, 11) is 0. The maximum Gasteiger partial charge on any atom is 0.387 e. The normalized spacial score (nSPS) is 22.1. The van der Waals surface area contributed by atoms with Gasteiger partial charge in [0.1, 0.15) is 11.9 Å². The Bertz CT molecular complexity index is 830. The Labute approximate surface area is 151 Å². The lowest BCUT2D eigenvalue weighted by atomic mass is 9.93. The molecule has 7 heteroatoms. The number of hydrogen-bond donors (Lipinski definition) is 0. The molecule has 4 rings (SSSR count). The zero-order valence-corrected chi connectivity index (χ0v) is 14.6. The van der Waals surface area contributed by atoms with Gasteiger partial charge in [-0.1, -0.05) is 34.1 Å². The van der Waals surface area contributed by atoms with E-state index in [1.807, 2.05) is 12.1 Å². The van der Waals surface area contributed by atoms with Crippen LogP contribution in [0.1, 0.15) is 33.6 Å². The number of ether oxygens (including phenoxy) is 2. The summed E-state index contributed by atoms with van der Waals surface area (Å²) in [5.41, 5.74) is 1.96. The molecule has 0 aromatic heterocycles. The third-order valence-corrected chi connectivity index (χ3v) is 5.01. The zero-order chi connectivity index (χ0) is 17.6. The van der Waals surface area contributed by atoms with Gasteiger partial charge in [-0.3, -0.25) is 4.79 Å². The second-order valence-corrected chi connectivity index (χ2v) is 6.80. The number of rotatable bonds is 3. The van der Waals surface area contributed by atoms with E-state index in [2.05, 4.69) is 20.7 Å². The van der Waals surface area contributed by atoms with Crippen molar-refractivity contribution >= 4 is 21.8 Å². The summed E-state index contributed by atoms with van der Waals surface area (Å²) in [6.45, 7) is -2.12. The topological polar surface area (TPSA) is 38.8 Å². The number of fused-ring (bicyclic) bond motifs is 3. The lowest BCUT2D eigenvalue weighted by Gasteiger charge is -2.37. The number of morpholine rings is 1. The van der Waals surface area contributed by atoms with Crippen molar-refractivity contribution in [3.05, 3.63) is 63.6 Å². The minimum absolute atomic E-state index is 0.0620. The van der Waals surface area contributed by atoms with Crippen molar-refractivity contribution in [1.29, 1.82) is 0 Å². The van der Waals surface area contributed by atoms with Crippen LogP contribution < -0.4 is 4.74 Å². The summed E-state index contributed by atoms with van der Waals surface area (Å²) >= 11 is 3.43. The molecular formula is C18H14BrF2NO3. The fraction of sp³-hybridized carbons (Fsp3) is 0.278. The van der Waals surface area contributed by atoms with Crippen LogP contribution in [0.2, 0.25) is 0 Å². The van der Waals surface area contributed by atoms with Crippen molar-refractivity contribution in [3.63, 3.8) is 0 Å². The first-order valence-corrected chi connectivity index (χ1v) is 8.61. The Kier molecular flexibility index (Phi) is 4.21. The number of hydrogen-bond acceptors (Lipinski definition) is 3. The number of halogens is 3. The van der Waals surface area contributed by atoms with Crippen molar-refractivity contribution in [3.8, 4) is 5.75 Å². The Morgan fingerprint density at radius 2 is 2.00 bits per heavy atom. The Hall–Kier alpha value is -1.99. The lowest BCUT2D eigenvalue weighted by Crippen LogP contribution is -2.40. The number of para-hydroxylation sites is 1. The van der Waals surface area contributed by atoms with E-state index in [1.165, 1.54) is 6.07 Å². The fourth-order valence-electron chi connectivity index (χ4n) is 3.54. The average Bonchev–Trinajstić information content (AvgIpc) is 2.87. The van der Waals surface area contributed by atoms with Crippen LogP contribution in [-0.2, 0) is 4.74 Å². The molecule has 2 atom stereocenters. The van der Waals surface area contributed by atoms with Gasteiger partial charge in [-0.2, -0.15) is 8.78 Å². The highest BCUT2D eigenvalue weighted by atomic mass is 79.9. The number of benzene rings is 2. The highest BCUT2D eigenvalue weighted by molar-refractivity contribution is 9.10. The minimum Gasteiger partial charge on any atom is -0.434 e. The predicted molar refractivity (Wildman–Crippen MR) is 89.7 cm³/mol. The third kappa shape index (κ3) is 2.81. The first-order valence-electron chi connectivity index (χ1n) is 7.82. The van der Waals surface area contributed by atoms with E-state index < -0.39 is 12.7 Å². The molecule has 2 aliphatic heterocycles. The summed E-state index contributed by atoms with van der Waals surface area (Å²) in [5, 5.41) is 0. The molecular weight excluding hydrogens is 396 g/mol. The van der Waals surface area contributed by atoms with E-state index in [1.54, 1.807) is 29.2 Å². The lowest BCUT2D eigenvalue weighted by molar-refractivity contribution is -0.0690. The first-order chi connectivity index (χ1) is 12.1. The number of alkyl halides is 2. The Balaban J connectivity index is 1.80. The second-order valence-electron chi connectivity index (χ2n) is 5.88. The summed E-state index contributed by atoms with van der Waals surface area (Å²) in [4.78, 5) is 14.4. The van der Waals surface area contributed by atoms with Gasteiger partial charge in [-0.15, -0.1) is 0 Å². The molecule has 1 fully saturated rings. The highest BCUT2D eigenvalue weighted by Gasteiger charge is 2.45. The number of carbonyl (C=O) groups is 1. The van der Waals surface area contributed by atoms with Gasteiger partial charge in [0.2, 0.25) is 0 Å². The number of carbonyl (C=O) groups excluding carboxylic acids is 1. The zero-order valence-electron chi connectivity index (χ0n) is 13.0. The number of amides is 1. The van der Waals surface area contributed by atoms with Gasteiger partial charge in [0.15, 0.2) is 0 Å². The van der Waals surface area contributed by atoms with Crippen LogP contribution in [0.5, 0.6) is 5.75 Å². The number of nitrogens with zero attached hydrogens (tertiary/aromatic N) is 1. The predicted octanol–water partition coefficient (Wildman–Crippen LogP) is 4.32. The van der Waals surface area contributed by atoms with E-state index in [4.69, 9.17) is 4.74 Å². The summed E-state index contributed by atoms with van der Waals surface area (Å²) < 4.78 is 36.9. The van der Waals surface area contributed by atoms with Gasteiger partial charge < -0.3 is 14.4 Å². The van der Waals surface area contributed by atoms with Crippen molar-refractivity contribution in [2.24, 2.45) is 0 Å². The van der Waals surface area contributed by atoms with Crippen molar-refractivity contribution in [2.75, 3.05) is 13.2 Å². The molecule has 0 N–H and O–H groups in total. The Morgan fingerprint density at radius 3 is 2.80 bits per heavy atom. The van der Waals surface area contributed by atoms with Gasteiger partial charge in [0.25, 0.3) is 5.91 Å². The summed E-state index contributed by atoms with van der Waals surface area (Å²) in [6.07, 6.45) is -0.566. The van der Waals surface area contributed by atoms with Gasteiger partial charge in [-0.05, 0) is 29.8 Å². The van der Waals surface area contributed by atoms with Crippen LogP contribution in [0.15, 0.2) is 46.9 Å². The van der Waals surface area contributed by atoms with Gasteiger partial charge >= 0.3 is 6.61 Å². The molecule has 2 heterocycles. The van der Waals surface area contributed by atoms with Gasteiger partial charge in [0.05, 0.1) is 12.6 Å². The highest BCUT2D eigenvalue weighted by Crippen LogP contribution is 2.48. The van der Waals surface area contributed by atoms with E-state index in [0.717, 1.165) is 10.0 Å². The van der Waals surface area contributed by atoms with Crippen LogP contribution >= 0.6 is 15.9 Å². The molecule has 2 unspecified atom stereocenters. The van der Waals surface area contributed by atoms with Gasteiger partial charge in [-0.25, -0.2) is 0 Å². The molecule has 2 aromatic rings. The molecule has 0 bridgehead atoms. The molecule has 2 aliphatic rings. The van der Waals surface area contributed by atoms with Crippen LogP contribution in [0, 0.1) is 0 Å². The van der Waals surface area contributed by atoms with Crippen LogP contribution in [0.25, 0.3) is 0 Å². The van der Waals surface area contributed by atoms with Crippen molar-refractivity contribution < 1.29 is 23.0 Å². The van der Waals surface area contributed by atoms with Crippen LogP contribution in [0.4, 0.5) is 8.78 Å². The maximum atomic E-state index is 12.8. The molecule has 0 saturated carbocycles. The minimum atomic E-state index is -2.92. The molecule has 1 saturated heterocycles. The van der Waals surface area contributed by atoms with Crippen molar-refractivity contribution in [1.82, 2.24) is 4.90 Å². The summed E-state index contributed by atoms with van der Waals surface area (Å²) in [6, 6.07) is 11.7. The molecule has 0 radical (unpaired) electrons. The maximum absolute atomic E-state index is 12.8. The van der Waals surface area contributed by atoms with Crippen molar-refractivity contribution in [2.45, 2.75) is 18.8 Å².